The van der Waals surface area contributed by atoms with Crippen LogP contribution in [0.3, 0.4) is 0 Å². The lowest BCUT2D eigenvalue weighted by Crippen LogP contribution is -2.25. The number of fused-ring (bicyclic) bond motifs is 1. The molecular formula is C13H15N3O2. The van der Waals surface area contributed by atoms with E-state index in [4.69, 9.17) is 4.74 Å². The highest BCUT2D eigenvalue weighted by Crippen LogP contribution is 2.10. The number of carbonyl (C=O) groups is 1. The number of nitrogens with one attached hydrogen (secondary N) is 1. The summed E-state index contributed by atoms with van der Waals surface area (Å²) in [5.74, 6) is -0.0985. The van der Waals surface area contributed by atoms with Gasteiger partial charge in [0.05, 0.1) is 11.0 Å². The van der Waals surface area contributed by atoms with Gasteiger partial charge in [0.15, 0.2) is 0 Å². The average Bonchev–Trinajstić information content (AvgIpc) is 2.43. The molecule has 0 unspecified atom stereocenters. The van der Waals surface area contributed by atoms with Gasteiger partial charge >= 0.3 is 0 Å². The van der Waals surface area contributed by atoms with Crippen LogP contribution in [-0.2, 0) is 4.74 Å². The number of aromatic nitrogens is 2. The molecule has 0 fully saturated rings. The van der Waals surface area contributed by atoms with Gasteiger partial charge in [-0.1, -0.05) is 0 Å². The molecule has 5 heteroatoms. The summed E-state index contributed by atoms with van der Waals surface area (Å²) in [6, 6.07) is 5.29. The molecule has 2 rings (SSSR count). The van der Waals surface area contributed by atoms with E-state index in [0.717, 1.165) is 17.5 Å². The van der Waals surface area contributed by atoms with Gasteiger partial charge < -0.3 is 10.1 Å². The third-order valence-corrected chi connectivity index (χ3v) is 2.54. The number of nitrogens with zero attached hydrogens (tertiary/aromatic N) is 2. The van der Waals surface area contributed by atoms with E-state index in [-0.39, 0.29) is 5.91 Å². The first-order chi connectivity index (χ1) is 8.81. The summed E-state index contributed by atoms with van der Waals surface area (Å²) in [7, 11) is 1.64. The van der Waals surface area contributed by atoms with Crippen molar-refractivity contribution in [3.63, 3.8) is 0 Å². The van der Waals surface area contributed by atoms with E-state index in [1.54, 1.807) is 37.7 Å². The fraction of sp³-hybridized carbons (Fsp3) is 0.308. The molecule has 0 aliphatic carbocycles. The Bertz CT molecular complexity index is 543. The van der Waals surface area contributed by atoms with E-state index >= 15 is 0 Å². The van der Waals surface area contributed by atoms with Crippen LogP contribution in [-0.4, -0.2) is 36.1 Å². The Morgan fingerprint density at radius 1 is 1.28 bits per heavy atom. The highest BCUT2D eigenvalue weighted by molar-refractivity contribution is 5.97. The van der Waals surface area contributed by atoms with E-state index in [0.29, 0.717) is 18.7 Å². The fourth-order valence-corrected chi connectivity index (χ4v) is 1.63. The van der Waals surface area contributed by atoms with Gasteiger partial charge in [-0.25, -0.2) is 0 Å². The minimum atomic E-state index is -0.0985. The van der Waals surface area contributed by atoms with Crippen LogP contribution in [0.5, 0.6) is 0 Å². The number of hydrogen-bond acceptors (Lipinski definition) is 4. The molecule has 0 aliphatic rings. The lowest BCUT2D eigenvalue weighted by atomic mass is 10.2. The molecular weight excluding hydrogens is 230 g/mol. The number of carbonyl (C=O) groups excluding carboxylic acids is 1. The van der Waals surface area contributed by atoms with E-state index in [2.05, 4.69) is 15.3 Å². The van der Waals surface area contributed by atoms with Gasteiger partial charge in [0.25, 0.3) is 5.91 Å². The van der Waals surface area contributed by atoms with Crippen molar-refractivity contribution in [1.29, 1.82) is 0 Å². The molecule has 1 aromatic heterocycles. The van der Waals surface area contributed by atoms with Crippen LogP contribution in [0.2, 0.25) is 0 Å². The first-order valence-corrected chi connectivity index (χ1v) is 5.79. The van der Waals surface area contributed by atoms with Gasteiger partial charge in [-0.3, -0.25) is 14.8 Å². The molecule has 1 heterocycles. The lowest BCUT2D eigenvalue weighted by Gasteiger charge is -2.05. The van der Waals surface area contributed by atoms with Crippen molar-refractivity contribution >= 4 is 16.9 Å². The molecule has 0 saturated carbocycles. The maximum Gasteiger partial charge on any atom is 0.251 e. The number of methoxy groups -OCH3 is 1. The maximum atomic E-state index is 11.9. The van der Waals surface area contributed by atoms with Crippen LogP contribution in [0.1, 0.15) is 16.8 Å². The summed E-state index contributed by atoms with van der Waals surface area (Å²) in [6.45, 7) is 1.24. The number of rotatable bonds is 5. The van der Waals surface area contributed by atoms with Crippen molar-refractivity contribution in [2.24, 2.45) is 0 Å². The summed E-state index contributed by atoms with van der Waals surface area (Å²) in [5, 5.41) is 2.83. The number of hydrogen-bond donors (Lipinski definition) is 1. The van der Waals surface area contributed by atoms with Crippen LogP contribution in [0.4, 0.5) is 0 Å². The Morgan fingerprint density at radius 3 is 2.83 bits per heavy atom. The van der Waals surface area contributed by atoms with Crippen LogP contribution in [0, 0.1) is 0 Å². The molecule has 94 valence electrons. The Balaban J connectivity index is 2.04. The fourth-order valence-electron chi connectivity index (χ4n) is 1.63. The smallest absolute Gasteiger partial charge is 0.251 e. The zero-order chi connectivity index (χ0) is 12.8. The molecule has 0 aliphatic heterocycles. The maximum absolute atomic E-state index is 11.9. The normalized spacial score (nSPS) is 10.5. The Labute approximate surface area is 105 Å². The van der Waals surface area contributed by atoms with Crippen molar-refractivity contribution in [3.8, 4) is 0 Å². The zero-order valence-corrected chi connectivity index (χ0v) is 10.2. The van der Waals surface area contributed by atoms with Crippen molar-refractivity contribution in [2.45, 2.75) is 6.42 Å². The highest BCUT2D eigenvalue weighted by atomic mass is 16.5. The Morgan fingerprint density at radius 2 is 2.06 bits per heavy atom. The van der Waals surface area contributed by atoms with Crippen molar-refractivity contribution in [2.75, 3.05) is 20.3 Å². The molecule has 1 aromatic carbocycles. The topological polar surface area (TPSA) is 64.1 Å². The van der Waals surface area contributed by atoms with Gasteiger partial charge in [-0.2, -0.15) is 0 Å². The summed E-state index contributed by atoms with van der Waals surface area (Å²) in [6.07, 6.45) is 4.05. The Kier molecular flexibility index (Phi) is 4.20. The molecule has 0 atom stereocenters. The molecule has 0 radical (unpaired) electrons. The molecule has 5 nitrogen and oxygen atoms in total. The van der Waals surface area contributed by atoms with Gasteiger partial charge in [0.1, 0.15) is 0 Å². The highest BCUT2D eigenvalue weighted by Gasteiger charge is 2.06. The van der Waals surface area contributed by atoms with E-state index in [1.807, 2.05) is 0 Å². The van der Waals surface area contributed by atoms with E-state index in [9.17, 15) is 4.79 Å². The third kappa shape index (κ3) is 3.01. The number of benzene rings is 1. The second kappa shape index (κ2) is 6.07. The predicted octanol–water partition coefficient (Wildman–Crippen LogP) is 1.40. The molecule has 1 N–H and O–H groups in total. The van der Waals surface area contributed by atoms with Crippen molar-refractivity contribution < 1.29 is 9.53 Å². The average molecular weight is 245 g/mol. The van der Waals surface area contributed by atoms with Gasteiger partial charge in [0.2, 0.25) is 0 Å². The van der Waals surface area contributed by atoms with Crippen LogP contribution < -0.4 is 5.32 Å². The summed E-state index contributed by atoms with van der Waals surface area (Å²) >= 11 is 0. The Hall–Kier alpha value is -2.01. The van der Waals surface area contributed by atoms with Gasteiger partial charge in [-0.05, 0) is 24.6 Å². The minimum Gasteiger partial charge on any atom is -0.385 e. The molecule has 0 saturated heterocycles. The predicted molar refractivity (Wildman–Crippen MR) is 68.4 cm³/mol. The van der Waals surface area contributed by atoms with E-state index < -0.39 is 0 Å². The summed E-state index contributed by atoms with van der Waals surface area (Å²) in [4.78, 5) is 20.2. The molecule has 0 spiro atoms. The first kappa shape index (κ1) is 12.4. The van der Waals surface area contributed by atoms with Crippen molar-refractivity contribution in [1.82, 2.24) is 15.3 Å². The van der Waals surface area contributed by atoms with Crippen LogP contribution in [0.15, 0.2) is 30.6 Å². The standard InChI is InChI=1S/C13H15N3O2/c1-18-8-2-5-16-13(17)10-3-4-11-12(9-10)15-7-6-14-11/h3-4,6-7,9H,2,5,8H2,1H3,(H,16,17). The van der Waals surface area contributed by atoms with Gasteiger partial charge in [-0.15, -0.1) is 0 Å². The minimum absolute atomic E-state index is 0.0985. The quantitative estimate of drug-likeness (QED) is 0.809. The summed E-state index contributed by atoms with van der Waals surface area (Å²) in [5.41, 5.74) is 2.11. The largest absolute Gasteiger partial charge is 0.385 e. The van der Waals surface area contributed by atoms with E-state index in [1.165, 1.54) is 0 Å². The monoisotopic (exact) mass is 245 g/mol. The second-order valence-corrected chi connectivity index (χ2v) is 3.86. The summed E-state index contributed by atoms with van der Waals surface area (Å²) < 4.78 is 4.92. The second-order valence-electron chi connectivity index (χ2n) is 3.86. The van der Waals surface area contributed by atoms with Crippen LogP contribution in [0.25, 0.3) is 11.0 Å². The SMILES string of the molecule is COCCCNC(=O)c1ccc2nccnc2c1. The molecule has 2 aromatic rings. The van der Waals surface area contributed by atoms with Gasteiger partial charge in [0, 0.05) is 38.2 Å². The number of amides is 1. The number of ether oxygens (including phenoxy) is 1. The first-order valence-electron chi connectivity index (χ1n) is 5.79. The third-order valence-electron chi connectivity index (χ3n) is 2.54. The molecule has 18 heavy (non-hydrogen) atoms. The van der Waals surface area contributed by atoms with Crippen LogP contribution >= 0.6 is 0 Å². The lowest BCUT2D eigenvalue weighted by molar-refractivity contribution is 0.0948. The zero-order valence-electron chi connectivity index (χ0n) is 10.2. The molecule has 1 amide bonds. The van der Waals surface area contributed by atoms with Crippen molar-refractivity contribution in [3.05, 3.63) is 36.2 Å². The molecule has 0 bridgehead atoms.